The summed E-state index contributed by atoms with van der Waals surface area (Å²) in [6.45, 7) is 11.9. The number of carbonyl (C=O) groups excluding carboxylic acids is 1. The van der Waals surface area contributed by atoms with E-state index in [1.807, 2.05) is 32.6 Å². The Morgan fingerprint density at radius 3 is 2.50 bits per heavy atom. The maximum absolute atomic E-state index is 11.9. The van der Waals surface area contributed by atoms with Crippen molar-refractivity contribution in [1.29, 1.82) is 0 Å². The Bertz CT molecular complexity index is 281. The molecule has 0 saturated carbocycles. The summed E-state index contributed by atoms with van der Waals surface area (Å²) in [5.74, 6) is 0. The van der Waals surface area contributed by atoms with Crippen molar-refractivity contribution in [1.82, 2.24) is 10.2 Å². The SMILES string of the molecule is CCOCCCNC1CCN(C(=O)OC(C)(C)C)CC1. The summed E-state index contributed by atoms with van der Waals surface area (Å²) in [6.07, 6.45) is 2.84. The van der Waals surface area contributed by atoms with Crippen LogP contribution in [0.15, 0.2) is 0 Å². The molecule has 118 valence electrons. The number of rotatable bonds is 6. The average Bonchev–Trinajstić information content (AvgIpc) is 2.37. The minimum absolute atomic E-state index is 0.188. The smallest absolute Gasteiger partial charge is 0.410 e. The molecule has 1 rings (SSSR count). The first-order chi connectivity index (χ1) is 9.42. The van der Waals surface area contributed by atoms with E-state index < -0.39 is 5.60 Å². The molecule has 0 spiro atoms. The zero-order chi connectivity index (χ0) is 15.0. The molecule has 5 heteroatoms. The van der Waals surface area contributed by atoms with Gasteiger partial charge in [-0.05, 0) is 53.5 Å². The van der Waals surface area contributed by atoms with Gasteiger partial charge >= 0.3 is 6.09 Å². The van der Waals surface area contributed by atoms with Crippen LogP contribution in [0.4, 0.5) is 4.79 Å². The van der Waals surface area contributed by atoms with Crippen LogP contribution < -0.4 is 5.32 Å². The topological polar surface area (TPSA) is 50.8 Å². The molecule has 0 aromatic rings. The Hall–Kier alpha value is -0.810. The number of hydrogen-bond acceptors (Lipinski definition) is 4. The van der Waals surface area contributed by atoms with Crippen LogP contribution in [0.25, 0.3) is 0 Å². The molecule has 20 heavy (non-hydrogen) atoms. The summed E-state index contributed by atoms with van der Waals surface area (Å²) in [5, 5.41) is 3.53. The van der Waals surface area contributed by atoms with Crippen LogP contribution in [0.5, 0.6) is 0 Å². The summed E-state index contributed by atoms with van der Waals surface area (Å²) in [4.78, 5) is 13.7. The van der Waals surface area contributed by atoms with Gasteiger partial charge in [-0.15, -0.1) is 0 Å². The molecule has 5 nitrogen and oxygen atoms in total. The summed E-state index contributed by atoms with van der Waals surface area (Å²) < 4.78 is 10.7. The van der Waals surface area contributed by atoms with Gasteiger partial charge in [0.15, 0.2) is 0 Å². The highest BCUT2D eigenvalue weighted by molar-refractivity contribution is 5.68. The van der Waals surface area contributed by atoms with E-state index in [2.05, 4.69) is 5.32 Å². The molecule has 1 fully saturated rings. The van der Waals surface area contributed by atoms with Gasteiger partial charge in [-0.1, -0.05) is 0 Å². The summed E-state index contributed by atoms with van der Waals surface area (Å²) in [6, 6.07) is 0.510. The molecule has 1 heterocycles. The van der Waals surface area contributed by atoms with Gasteiger partial charge in [0.2, 0.25) is 0 Å². The van der Waals surface area contributed by atoms with E-state index >= 15 is 0 Å². The number of nitrogens with zero attached hydrogens (tertiary/aromatic N) is 1. The van der Waals surface area contributed by atoms with Crippen LogP contribution in [0, 0.1) is 0 Å². The molecular weight excluding hydrogens is 256 g/mol. The lowest BCUT2D eigenvalue weighted by atomic mass is 10.1. The lowest BCUT2D eigenvalue weighted by Crippen LogP contribution is -2.46. The van der Waals surface area contributed by atoms with E-state index in [-0.39, 0.29) is 6.09 Å². The monoisotopic (exact) mass is 286 g/mol. The van der Waals surface area contributed by atoms with Crippen molar-refractivity contribution in [3.63, 3.8) is 0 Å². The van der Waals surface area contributed by atoms with Crippen molar-refractivity contribution in [2.75, 3.05) is 32.8 Å². The number of nitrogens with one attached hydrogen (secondary N) is 1. The minimum Gasteiger partial charge on any atom is -0.444 e. The van der Waals surface area contributed by atoms with Crippen molar-refractivity contribution in [3.05, 3.63) is 0 Å². The number of amides is 1. The molecule has 1 saturated heterocycles. The Kier molecular flexibility index (Phi) is 7.30. The molecule has 1 aliphatic heterocycles. The van der Waals surface area contributed by atoms with Crippen molar-refractivity contribution in [2.45, 2.75) is 58.6 Å². The van der Waals surface area contributed by atoms with Crippen molar-refractivity contribution >= 4 is 6.09 Å². The molecule has 0 atom stereocenters. The zero-order valence-electron chi connectivity index (χ0n) is 13.4. The van der Waals surface area contributed by atoms with E-state index in [0.29, 0.717) is 6.04 Å². The van der Waals surface area contributed by atoms with Gasteiger partial charge in [-0.3, -0.25) is 0 Å². The van der Waals surface area contributed by atoms with E-state index in [4.69, 9.17) is 9.47 Å². The van der Waals surface area contributed by atoms with E-state index in [0.717, 1.165) is 52.1 Å². The first-order valence-electron chi connectivity index (χ1n) is 7.71. The van der Waals surface area contributed by atoms with E-state index in [9.17, 15) is 4.79 Å². The molecule has 0 bridgehead atoms. The number of piperidine rings is 1. The maximum Gasteiger partial charge on any atom is 0.410 e. The minimum atomic E-state index is -0.411. The standard InChI is InChI=1S/C15H30N2O3/c1-5-19-12-6-9-16-13-7-10-17(11-8-13)14(18)20-15(2,3)4/h13,16H,5-12H2,1-4H3. The van der Waals surface area contributed by atoms with Gasteiger partial charge in [0, 0.05) is 32.3 Å². The molecule has 1 N–H and O–H groups in total. The predicted octanol–water partition coefficient (Wildman–Crippen LogP) is 2.40. The van der Waals surface area contributed by atoms with Crippen molar-refractivity contribution in [2.24, 2.45) is 0 Å². The van der Waals surface area contributed by atoms with Crippen LogP contribution in [0.2, 0.25) is 0 Å². The van der Waals surface area contributed by atoms with E-state index in [1.165, 1.54) is 0 Å². The molecule has 0 aromatic heterocycles. The Morgan fingerprint density at radius 2 is 1.95 bits per heavy atom. The predicted molar refractivity (Wildman–Crippen MR) is 79.9 cm³/mol. The van der Waals surface area contributed by atoms with Crippen LogP contribution >= 0.6 is 0 Å². The highest BCUT2D eigenvalue weighted by Crippen LogP contribution is 2.15. The lowest BCUT2D eigenvalue weighted by Gasteiger charge is -2.33. The normalized spacial score (nSPS) is 17.3. The number of carbonyl (C=O) groups is 1. The quantitative estimate of drug-likeness (QED) is 0.762. The fourth-order valence-corrected chi connectivity index (χ4v) is 2.22. The van der Waals surface area contributed by atoms with Gasteiger partial charge in [0.1, 0.15) is 5.60 Å². The summed E-state index contributed by atoms with van der Waals surface area (Å²) in [5.41, 5.74) is -0.411. The summed E-state index contributed by atoms with van der Waals surface area (Å²) in [7, 11) is 0. The second-order valence-corrected chi connectivity index (χ2v) is 6.25. The third kappa shape index (κ3) is 7.10. The zero-order valence-corrected chi connectivity index (χ0v) is 13.4. The number of ether oxygens (including phenoxy) is 2. The second-order valence-electron chi connectivity index (χ2n) is 6.25. The number of likely N-dealkylation sites (tertiary alicyclic amines) is 1. The Balaban J connectivity index is 2.15. The van der Waals surface area contributed by atoms with Gasteiger partial charge in [-0.25, -0.2) is 4.79 Å². The lowest BCUT2D eigenvalue weighted by molar-refractivity contribution is 0.0198. The van der Waals surface area contributed by atoms with Crippen LogP contribution in [-0.4, -0.2) is 55.5 Å². The molecule has 0 aliphatic carbocycles. The molecular formula is C15H30N2O3. The second kappa shape index (κ2) is 8.47. The van der Waals surface area contributed by atoms with Crippen molar-refractivity contribution in [3.8, 4) is 0 Å². The Morgan fingerprint density at radius 1 is 1.30 bits per heavy atom. The van der Waals surface area contributed by atoms with Gasteiger partial charge in [-0.2, -0.15) is 0 Å². The third-order valence-electron chi connectivity index (χ3n) is 3.25. The highest BCUT2D eigenvalue weighted by atomic mass is 16.6. The largest absolute Gasteiger partial charge is 0.444 e. The van der Waals surface area contributed by atoms with Crippen LogP contribution in [0.3, 0.4) is 0 Å². The number of hydrogen-bond donors (Lipinski definition) is 1. The first-order valence-corrected chi connectivity index (χ1v) is 7.71. The van der Waals surface area contributed by atoms with E-state index in [1.54, 1.807) is 0 Å². The van der Waals surface area contributed by atoms with Crippen molar-refractivity contribution < 1.29 is 14.3 Å². The summed E-state index contributed by atoms with van der Waals surface area (Å²) >= 11 is 0. The average molecular weight is 286 g/mol. The fraction of sp³-hybridized carbons (Fsp3) is 0.933. The Labute approximate surface area is 123 Å². The van der Waals surface area contributed by atoms with Gasteiger partial charge in [0.05, 0.1) is 0 Å². The first kappa shape index (κ1) is 17.2. The molecule has 0 unspecified atom stereocenters. The third-order valence-corrected chi connectivity index (χ3v) is 3.25. The molecule has 0 aromatic carbocycles. The van der Waals surface area contributed by atoms with Crippen LogP contribution in [-0.2, 0) is 9.47 Å². The van der Waals surface area contributed by atoms with Gasteiger partial charge < -0.3 is 19.7 Å². The molecule has 1 amide bonds. The maximum atomic E-state index is 11.9. The highest BCUT2D eigenvalue weighted by Gasteiger charge is 2.26. The van der Waals surface area contributed by atoms with Crippen LogP contribution in [0.1, 0.15) is 47.0 Å². The molecule has 1 aliphatic rings. The molecule has 0 radical (unpaired) electrons. The fourth-order valence-electron chi connectivity index (χ4n) is 2.22. The van der Waals surface area contributed by atoms with Gasteiger partial charge in [0.25, 0.3) is 0 Å².